The van der Waals surface area contributed by atoms with Crippen molar-refractivity contribution in [3.8, 4) is 0 Å². The summed E-state index contributed by atoms with van der Waals surface area (Å²) < 4.78 is 2.17. The number of nitrogens with zero attached hydrogens (tertiary/aromatic N) is 2. The highest BCUT2D eigenvalue weighted by Gasteiger charge is 2.34. The van der Waals surface area contributed by atoms with Gasteiger partial charge in [-0.3, -0.25) is 19.8 Å². The Kier molecular flexibility index (Phi) is 4.85. The smallest absolute Gasteiger partial charge is 0.270 e. The highest BCUT2D eigenvalue weighted by atomic mass is 35.5. The van der Waals surface area contributed by atoms with Gasteiger partial charge in [-0.15, -0.1) is 0 Å². The van der Waals surface area contributed by atoms with Crippen LogP contribution in [0.1, 0.15) is 37.3 Å². The van der Waals surface area contributed by atoms with E-state index in [4.69, 9.17) is 23.8 Å². The first-order chi connectivity index (χ1) is 13.0. The molecule has 1 aromatic heterocycles. The summed E-state index contributed by atoms with van der Waals surface area (Å²) in [6, 6.07) is 9.16. The highest BCUT2D eigenvalue weighted by Crippen LogP contribution is 2.30. The molecule has 0 atom stereocenters. The first kappa shape index (κ1) is 17.9. The van der Waals surface area contributed by atoms with Crippen molar-refractivity contribution in [3.63, 3.8) is 0 Å². The lowest BCUT2D eigenvalue weighted by Gasteiger charge is -2.28. The number of halogens is 1. The number of carbonyl (C=O) groups excluding carboxylic acids is 2. The normalized spacial score (nSPS) is 19.8. The molecule has 0 bridgehead atoms. The van der Waals surface area contributed by atoms with Crippen molar-refractivity contribution < 1.29 is 9.59 Å². The fraction of sp³-hybridized carbons (Fsp3) is 0.250. The molecule has 4 rings (SSSR count). The third kappa shape index (κ3) is 3.55. The Balaban J connectivity index is 1.64. The van der Waals surface area contributed by atoms with E-state index in [0.29, 0.717) is 16.8 Å². The third-order valence-corrected chi connectivity index (χ3v) is 5.52. The molecule has 1 saturated heterocycles. The Bertz CT molecular complexity index is 942. The molecule has 0 radical (unpaired) electrons. The van der Waals surface area contributed by atoms with Gasteiger partial charge in [-0.2, -0.15) is 0 Å². The first-order valence-corrected chi connectivity index (χ1v) is 9.66. The van der Waals surface area contributed by atoms with Gasteiger partial charge in [0.2, 0.25) is 0 Å². The molecular weight excluding hydrogens is 382 g/mol. The molecule has 138 valence electrons. The van der Waals surface area contributed by atoms with Crippen LogP contribution in [0.2, 0.25) is 5.02 Å². The van der Waals surface area contributed by atoms with Crippen LogP contribution in [0, 0.1) is 0 Å². The molecule has 7 heteroatoms. The zero-order valence-corrected chi connectivity index (χ0v) is 16.1. The number of amides is 2. The topological polar surface area (TPSA) is 54.3 Å². The first-order valence-electron chi connectivity index (χ1n) is 8.87. The van der Waals surface area contributed by atoms with Crippen LogP contribution in [0.25, 0.3) is 6.08 Å². The average molecular weight is 400 g/mol. The van der Waals surface area contributed by atoms with Crippen LogP contribution >= 0.6 is 23.8 Å². The molecule has 2 aromatic rings. The van der Waals surface area contributed by atoms with Crippen LogP contribution in [0.3, 0.4) is 0 Å². The van der Waals surface area contributed by atoms with E-state index in [1.807, 2.05) is 18.5 Å². The van der Waals surface area contributed by atoms with E-state index < -0.39 is 11.8 Å². The zero-order valence-electron chi connectivity index (χ0n) is 14.5. The summed E-state index contributed by atoms with van der Waals surface area (Å²) in [5.74, 6) is -0.927. The molecule has 0 unspecified atom stereocenters. The van der Waals surface area contributed by atoms with Gasteiger partial charge in [0.1, 0.15) is 5.57 Å². The molecule has 2 aliphatic rings. The van der Waals surface area contributed by atoms with Crippen LogP contribution in [0.4, 0.5) is 5.69 Å². The monoisotopic (exact) mass is 399 g/mol. The van der Waals surface area contributed by atoms with Crippen LogP contribution in [0.15, 0.2) is 48.3 Å². The minimum atomic E-state index is -0.483. The second kappa shape index (κ2) is 7.29. The number of anilines is 1. The van der Waals surface area contributed by atoms with E-state index in [-0.39, 0.29) is 10.7 Å². The standard InChI is InChI=1S/C20H18ClN3O2S/c21-14-5-7-16(8-6-14)24-19(26)17(18(25)22-20(24)27)11-13-9-10-23(12-13)15-3-1-2-4-15/h5-12,15H,1-4H2,(H,22,25,27)/b17-11-. The Morgan fingerprint density at radius 2 is 1.81 bits per heavy atom. The van der Waals surface area contributed by atoms with Gasteiger partial charge < -0.3 is 4.57 Å². The zero-order chi connectivity index (χ0) is 19.0. The Hall–Kier alpha value is -2.44. The number of nitrogens with one attached hydrogen (secondary N) is 1. The van der Waals surface area contributed by atoms with E-state index in [9.17, 15) is 9.59 Å². The third-order valence-electron chi connectivity index (χ3n) is 4.98. The second-order valence-electron chi connectivity index (χ2n) is 6.76. The molecule has 1 N–H and O–H groups in total. The lowest BCUT2D eigenvalue weighted by molar-refractivity contribution is -0.122. The van der Waals surface area contributed by atoms with E-state index >= 15 is 0 Å². The van der Waals surface area contributed by atoms with Gasteiger partial charge in [0.15, 0.2) is 5.11 Å². The summed E-state index contributed by atoms with van der Waals surface area (Å²) in [7, 11) is 0. The second-order valence-corrected chi connectivity index (χ2v) is 7.59. The fourth-order valence-corrected chi connectivity index (χ4v) is 4.00. The lowest BCUT2D eigenvalue weighted by Crippen LogP contribution is -2.54. The van der Waals surface area contributed by atoms with Gasteiger partial charge in [-0.25, -0.2) is 0 Å². The molecule has 1 aliphatic carbocycles. The van der Waals surface area contributed by atoms with Gasteiger partial charge in [0.25, 0.3) is 11.8 Å². The number of benzene rings is 1. The molecule has 2 amide bonds. The average Bonchev–Trinajstić information content (AvgIpc) is 3.31. The molecular formula is C20H18ClN3O2S. The predicted octanol–water partition coefficient (Wildman–Crippen LogP) is 4.09. The van der Waals surface area contributed by atoms with Crippen LogP contribution in [-0.2, 0) is 9.59 Å². The summed E-state index contributed by atoms with van der Waals surface area (Å²) in [6.45, 7) is 0. The summed E-state index contributed by atoms with van der Waals surface area (Å²) in [5, 5.41) is 3.22. The van der Waals surface area contributed by atoms with Crippen molar-refractivity contribution in [1.29, 1.82) is 0 Å². The SMILES string of the molecule is O=C1NC(=S)N(c2ccc(Cl)cc2)C(=O)/C1=C\c1ccn(C2CCCC2)c1. The largest absolute Gasteiger partial charge is 0.351 e. The molecule has 1 aliphatic heterocycles. The van der Waals surface area contributed by atoms with E-state index in [1.54, 1.807) is 30.3 Å². The van der Waals surface area contributed by atoms with Crippen LogP contribution in [0.5, 0.6) is 0 Å². The Labute approximate surface area is 167 Å². The maximum absolute atomic E-state index is 13.0. The number of hydrogen-bond acceptors (Lipinski definition) is 3. The maximum Gasteiger partial charge on any atom is 0.270 e. The Morgan fingerprint density at radius 3 is 2.52 bits per heavy atom. The van der Waals surface area contributed by atoms with Crippen LogP contribution < -0.4 is 10.2 Å². The number of thiocarbonyl (C=S) groups is 1. The maximum atomic E-state index is 13.0. The van der Waals surface area contributed by atoms with Gasteiger partial charge >= 0.3 is 0 Å². The molecule has 2 heterocycles. The summed E-state index contributed by atoms with van der Waals surface area (Å²) in [4.78, 5) is 26.7. The number of rotatable bonds is 3. The van der Waals surface area contributed by atoms with Gasteiger partial charge in [-0.05, 0) is 67.0 Å². The molecule has 5 nitrogen and oxygen atoms in total. The van der Waals surface area contributed by atoms with Crippen molar-refractivity contribution in [2.24, 2.45) is 0 Å². The predicted molar refractivity (Wildman–Crippen MR) is 110 cm³/mol. The fourth-order valence-electron chi connectivity index (χ4n) is 3.59. The number of hydrogen-bond donors (Lipinski definition) is 1. The molecule has 0 spiro atoms. The van der Waals surface area contributed by atoms with Gasteiger partial charge in [0.05, 0.1) is 5.69 Å². The minimum absolute atomic E-state index is 0.0581. The summed E-state index contributed by atoms with van der Waals surface area (Å²) in [5.41, 5.74) is 1.44. The van der Waals surface area contributed by atoms with E-state index in [2.05, 4.69) is 9.88 Å². The highest BCUT2D eigenvalue weighted by molar-refractivity contribution is 7.80. The van der Waals surface area contributed by atoms with E-state index in [1.165, 1.54) is 30.6 Å². The molecule has 2 fully saturated rings. The minimum Gasteiger partial charge on any atom is -0.351 e. The van der Waals surface area contributed by atoms with Crippen molar-refractivity contribution in [1.82, 2.24) is 9.88 Å². The van der Waals surface area contributed by atoms with Crippen LogP contribution in [-0.4, -0.2) is 21.5 Å². The van der Waals surface area contributed by atoms with Gasteiger partial charge in [0, 0.05) is 23.5 Å². The molecule has 1 aromatic carbocycles. The van der Waals surface area contributed by atoms with Crippen molar-refractivity contribution in [2.45, 2.75) is 31.7 Å². The van der Waals surface area contributed by atoms with Crippen molar-refractivity contribution >= 4 is 52.5 Å². The summed E-state index contributed by atoms with van der Waals surface area (Å²) in [6.07, 6.45) is 10.4. The van der Waals surface area contributed by atoms with Crippen molar-refractivity contribution in [2.75, 3.05) is 4.90 Å². The quantitative estimate of drug-likeness (QED) is 0.480. The van der Waals surface area contributed by atoms with E-state index in [0.717, 1.165) is 5.56 Å². The lowest BCUT2D eigenvalue weighted by atomic mass is 10.1. The molecule has 1 saturated carbocycles. The molecule has 27 heavy (non-hydrogen) atoms. The Morgan fingerprint density at radius 1 is 1.11 bits per heavy atom. The number of carbonyl (C=O) groups is 2. The number of aromatic nitrogens is 1. The summed E-state index contributed by atoms with van der Waals surface area (Å²) >= 11 is 11.1. The van der Waals surface area contributed by atoms with Crippen molar-refractivity contribution in [3.05, 3.63) is 58.9 Å². The van der Waals surface area contributed by atoms with Gasteiger partial charge in [-0.1, -0.05) is 24.4 Å².